The summed E-state index contributed by atoms with van der Waals surface area (Å²) in [5.41, 5.74) is 1.50. The van der Waals surface area contributed by atoms with Crippen LogP contribution in [0, 0.1) is 5.82 Å². The molecule has 0 fully saturated rings. The summed E-state index contributed by atoms with van der Waals surface area (Å²) >= 11 is 1.57. The van der Waals surface area contributed by atoms with Gasteiger partial charge in [-0.05, 0) is 55.1 Å². The summed E-state index contributed by atoms with van der Waals surface area (Å²) in [6, 6.07) is 18.7. The normalized spacial score (nSPS) is 10.7. The summed E-state index contributed by atoms with van der Waals surface area (Å²) in [6.07, 6.45) is 0. The quantitative estimate of drug-likeness (QED) is 0.514. The number of amides is 3. The van der Waals surface area contributed by atoms with Gasteiger partial charge in [0.25, 0.3) is 0 Å². The first-order chi connectivity index (χ1) is 14.9. The number of thiophene rings is 1. The zero-order chi connectivity index (χ0) is 22.2. The van der Waals surface area contributed by atoms with Gasteiger partial charge in [-0.15, -0.1) is 11.3 Å². The number of nitrogens with zero attached hydrogens (tertiary/aromatic N) is 2. The maximum Gasteiger partial charge on any atom is 0.322 e. The number of benzene rings is 2. The third kappa shape index (κ3) is 6.65. The summed E-state index contributed by atoms with van der Waals surface area (Å²) in [4.78, 5) is 30.3. The number of rotatable bonds is 8. The van der Waals surface area contributed by atoms with Crippen molar-refractivity contribution in [3.05, 3.63) is 88.4 Å². The van der Waals surface area contributed by atoms with E-state index < -0.39 is 0 Å². The van der Waals surface area contributed by atoms with Crippen LogP contribution in [-0.2, 0) is 17.9 Å². The van der Waals surface area contributed by atoms with Crippen molar-refractivity contribution in [3.8, 4) is 0 Å². The van der Waals surface area contributed by atoms with Gasteiger partial charge in [-0.1, -0.05) is 36.4 Å². The maximum absolute atomic E-state index is 13.3. The molecule has 1 N–H and O–H groups in total. The summed E-state index contributed by atoms with van der Waals surface area (Å²) < 4.78 is 13.3. The van der Waals surface area contributed by atoms with Crippen molar-refractivity contribution in [3.63, 3.8) is 0 Å². The molecule has 31 heavy (non-hydrogen) atoms. The highest BCUT2D eigenvalue weighted by atomic mass is 32.1. The standard InChI is InChI=1S/C24H26FN3O2S/c1-18(2)28(24(30)26-21-7-4-3-5-8-21)17-23(29)27(16-22-9-6-14-31-22)15-19-10-12-20(25)13-11-19/h3-14,18H,15-17H2,1-2H3,(H,26,30). The summed E-state index contributed by atoms with van der Waals surface area (Å²) in [6.45, 7) is 4.47. The molecule has 1 heterocycles. The zero-order valence-electron chi connectivity index (χ0n) is 17.6. The Bertz CT molecular complexity index is 976. The molecule has 0 bridgehead atoms. The van der Waals surface area contributed by atoms with E-state index in [1.54, 1.807) is 40.5 Å². The van der Waals surface area contributed by atoms with Crippen LogP contribution in [0.4, 0.5) is 14.9 Å². The molecule has 0 atom stereocenters. The average molecular weight is 440 g/mol. The fourth-order valence-corrected chi connectivity index (χ4v) is 3.80. The number of carbonyl (C=O) groups excluding carboxylic acids is 2. The van der Waals surface area contributed by atoms with Crippen LogP contribution >= 0.6 is 11.3 Å². The molecule has 1 aromatic heterocycles. The monoisotopic (exact) mass is 439 g/mol. The minimum Gasteiger partial charge on any atom is -0.332 e. The van der Waals surface area contributed by atoms with E-state index in [1.807, 2.05) is 49.6 Å². The molecule has 162 valence electrons. The van der Waals surface area contributed by atoms with E-state index in [2.05, 4.69) is 5.32 Å². The van der Waals surface area contributed by atoms with Gasteiger partial charge < -0.3 is 15.1 Å². The van der Waals surface area contributed by atoms with E-state index in [-0.39, 0.29) is 30.3 Å². The van der Waals surface area contributed by atoms with E-state index in [1.165, 1.54) is 17.0 Å². The number of nitrogens with one attached hydrogen (secondary N) is 1. The van der Waals surface area contributed by atoms with Crippen LogP contribution in [0.15, 0.2) is 72.1 Å². The van der Waals surface area contributed by atoms with Gasteiger partial charge in [-0.3, -0.25) is 4.79 Å². The molecule has 0 radical (unpaired) electrons. The van der Waals surface area contributed by atoms with Crippen molar-refractivity contribution < 1.29 is 14.0 Å². The second-order valence-electron chi connectivity index (χ2n) is 7.47. The van der Waals surface area contributed by atoms with E-state index >= 15 is 0 Å². The van der Waals surface area contributed by atoms with Gasteiger partial charge in [0, 0.05) is 23.2 Å². The largest absolute Gasteiger partial charge is 0.332 e. The Morgan fingerprint density at radius 2 is 1.68 bits per heavy atom. The lowest BCUT2D eigenvalue weighted by atomic mass is 10.2. The lowest BCUT2D eigenvalue weighted by molar-refractivity contribution is -0.133. The lowest BCUT2D eigenvalue weighted by Crippen LogP contribution is -2.47. The van der Waals surface area contributed by atoms with E-state index in [9.17, 15) is 14.0 Å². The Kier molecular flexibility index (Phi) is 7.78. The van der Waals surface area contributed by atoms with Gasteiger partial charge in [-0.25, -0.2) is 9.18 Å². The van der Waals surface area contributed by atoms with Crippen molar-refractivity contribution >= 4 is 29.0 Å². The van der Waals surface area contributed by atoms with Crippen molar-refractivity contribution in [2.75, 3.05) is 11.9 Å². The molecule has 3 rings (SSSR count). The van der Waals surface area contributed by atoms with Crippen molar-refractivity contribution in [2.45, 2.75) is 33.0 Å². The molecule has 0 saturated carbocycles. The molecule has 3 amide bonds. The van der Waals surface area contributed by atoms with E-state index in [0.29, 0.717) is 18.8 Å². The number of hydrogen-bond acceptors (Lipinski definition) is 3. The number of halogens is 1. The Morgan fingerprint density at radius 3 is 2.29 bits per heavy atom. The number of hydrogen-bond donors (Lipinski definition) is 1. The van der Waals surface area contributed by atoms with E-state index in [4.69, 9.17) is 0 Å². The van der Waals surface area contributed by atoms with Crippen LogP contribution in [-0.4, -0.2) is 34.3 Å². The number of carbonyl (C=O) groups is 2. The van der Waals surface area contributed by atoms with Gasteiger partial charge >= 0.3 is 6.03 Å². The SMILES string of the molecule is CC(C)N(CC(=O)N(Cc1ccc(F)cc1)Cc1cccs1)C(=O)Nc1ccccc1. The Labute approximate surface area is 186 Å². The molecular formula is C24H26FN3O2S. The van der Waals surface area contributed by atoms with Gasteiger partial charge in [0.05, 0.1) is 6.54 Å². The van der Waals surface area contributed by atoms with Crippen LogP contribution in [0.1, 0.15) is 24.3 Å². The molecule has 0 unspecified atom stereocenters. The molecule has 3 aromatic rings. The molecule has 7 heteroatoms. The highest BCUT2D eigenvalue weighted by Gasteiger charge is 2.24. The Hall–Kier alpha value is -3.19. The molecule has 0 spiro atoms. The third-order valence-electron chi connectivity index (χ3n) is 4.78. The minimum absolute atomic E-state index is 0.0527. The van der Waals surface area contributed by atoms with Crippen LogP contribution in [0.2, 0.25) is 0 Å². The summed E-state index contributed by atoms with van der Waals surface area (Å²) in [5, 5.41) is 4.81. The molecule has 0 aliphatic heterocycles. The molecular weight excluding hydrogens is 413 g/mol. The predicted octanol–water partition coefficient (Wildman–Crippen LogP) is 5.36. The molecule has 0 saturated heterocycles. The zero-order valence-corrected chi connectivity index (χ0v) is 18.4. The Morgan fingerprint density at radius 1 is 0.968 bits per heavy atom. The third-order valence-corrected chi connectivity index (χ3v) is 5.64. The predicted molar refractivity (Wildman–Crippen MR) is 122 cm³/mol. The minimum atomic E-state index is -0.326. The van der Waals surface area contributed by atoms with Crippen LogP contribution in [0.3, 0.4) is 0 Å². The number of para-hydroxylation sites is 1. The summed E-state index contributed by atoms with van der Waals surface area (Å²) in [5.74, 6) is -0.488. The Balaban J connectivity index is 1.74. The number of urea groups is 1. The highest BCUT2D eigenvalue weighted by molar-refractivity contribution is 7.09. The fourth-order valence-electron chi connectivity index (χ4n) is 3.08. The van der Waals surface area contributed by atoms with E-state index in [0.717, 1.165) is 10.4 Å². The fraction of sp³-hybridized carbons (Fsp3) is 0.250. The maximum atomic E-state index is 13.3. The van der Waals surface area contributed by atoms with Crippen LogP contribution in [0.25, 0.3) is 0 Å². The smallest absolute Gasteiger partial charge is 0.322 e. The first kappa shape index (κ1) is 22.5. The summed E-state index contributed by atoms with van der Waals surface area (Å²) in [7, 11) is 0. The van der Waals surface area contributed by atoms with Crippen molar-refractivity contribution in [2.24, 2.45) is 0 Å². The molecule has 5 nitrogen and oxygen atoms in total. The van der Waals surface area contributed by atoms with Crippen molar-refractivity contribution in [1.82, 2.24) is 9.80 Å². The first-order valence-corrected chi connectivity index (χ1v) is 11.0. The van der Waals surface area contributed by atoms with Crippen molar-refractivity contribution in [1.29, 1.82) is 0 Å². The van der Waals surface area contributed by atoms with Gasteiger partial charge in [0.2, 0.25) is 5.91 Å². The van der Waals surface area contributed by atoms with Crippen LogP contribution < -0.4 is 5.32 Å². The van der Waals surface area contributed by atoms with Gasteiger partial charge in [0.1, 0.15) is 12.4 Å². The first-order valence-electron chi connectivity index (χ1n) is 10.1. The number of anilines is 1. The topological polar surface area (TPSA) is 52.7 Å². The highest BCUT2D eigenvalue weighted by Crippen LogP contribution is 2.16. The van der Waals surface area contributed by atoms with Crippen LogP contribution in [0.5, 0.6) is 0 Å². The second kappa shape index (κ2) is 10.7. The molecule has 2 aromatic carbocycles. The lowest BCUT2D eigenvalue weighted by Gasteiger charge is -2.30. The second-order valence-corrected chi connectivity index (χ2v) is 8.51. The van der Waals surface area contributed by atoms with Gasteiger partial charge in [0.15, 0.2) is 0 Å². The molecule has 0 aliphatic carbocycles. The molecule has 0 aliphatic rings. The van der Waals surface area contributed by atoms with Gasteiger partial charge in [-0.2, -0.15) is 0 Å². The average Bonchev–Trinajstić information content (AvgIpc) is 3.26.